The Kier molecular flexibility index (Phi) is 4.70. The van der Waals surface area contributed by atoms with E-state index in [1.807, 2.05) is 29.2 Å². The lowest BCUT2D eigenvalue weighted by Gasteiger charge is -2.06. The molecule has 3 rings (SSSR count). The molecular formula is C15H12N4O5S. The van der Waals surface area contributed by atoms with E-state index < -0.39 is 36.3 Å². The number of para-hydroxylation sites is 1. The molecule has 1 amide bonds. The van der Waals surface area contributed by atoms with Crippen LogP contribution in [0.5, 0.6) is 0 Å². The number of carbonyl (C=O) groups is 2. The molecule has 0 radical (unpaired) electrons. The van der Waals surface area contributed by atoms with Gasteiger partial charge in [0, 0.05) is 12.3 Å². The molecule has 0 bridgehead atoms. The van der Waals surface area contributed by atoms with E-state index in [4.69, 9.17) is 4.74 Å². The van der Waals surface area contributed by atoms with E-state index in [0.29, 0.717) is 5.13 Å². The number of aromatic amines is 1. The van der Waals surface area contributed by atoms with Crippen molar-refractivity contribution in [3.05, 3.63) is 57.4 Å². The van der Waals surface area contributed by atoms with Gasteiger partial charge < -0.3 is 4.74 Å². The average molecular weight is 360 g/mol. The predicted octanol–water partition coefficient (Wildman–Crippen LogP) is 0.328. The summed E-state index contributed by atoms with van der Waals surface area (Å²) in [5.41, 5.74) is -0.537. The molecule has 2 aromatic heterocycles. The number of aromatic nitrogens is 3. The van der Waals surface area contributed by atoms with Crippen molar-refractivity contribution in [1.29, 1.82) is 0 Å². The third kappa shape index (κ3) is 4.18. The molecule has 0 aliphatic carbocycles. The van der Waals surface area contributed by atoms with Crippen LogP contribution in [0, 0.1) is 0 Å². The highest BCUT2D eigenvalue weighted by Gasteiger charge is 2.11. The fraction of sp³-hybridized carbons (Fsp3) is 0.133. The Morgan fingerprint density at radius 2 is 2.04 bits per heavy atom. The van der Waals surface area contributed by atoms with Crippen LogP contribution in [-0.2, 0) is 20.9 Å². The molecule has 0 fully saturated rings. The number of ether oxygens (including phenoxy) is 1. The fourth-order valence-electron chi connectivity index (χ4n) is 1.98. The van der Waals surface area contributed by atoms with Gasteiger partial charge >= 0.3 is 11.7 Å². The number of thiazole rings is 1. The smallest absolute Gasteiger partial charge is 0.328 e. The lowest BCUT2D eigenvalue weighted by molar-refractivity contribution is -0.148. The molecule has 0 atom stereocenters. The van der Waals surface area contributed by atoms with Gasteiger partial charge in [-0.05, 0) is 12.1 Å². The van der Waals surface area contributed by atoms with E-state index in [1.54, 1.807) is 0 Å². The van der Waals surface area contributed by atoms with E-state index in [-0.39, 0.29) is 0 Å². The Hall–Kier alpha value is -3.27. The van der Waals surface area contributed by atoms with Crippen LogP contribution in [0.3, 0.4) is 0 Å². The summed E-state index contributed by atoms with van der Waals surface area (Å²) in [4.78, 5) is 52.1. The summed E-state index contributed by atoms with van der Waals surface area (Å²) in [5, 5.41) is 2.95. The van der Waals surface area contributed by atoms with Crippen LogP contribution in [0.1, 0.15) is 0 Å². The predicted molar refractivity (Wildman–Crippen MR) is 90.5 cm³/mol. The molecule has 0 spiro atoms. The zero-order valence-corrected chi connectivity index (χ0v) is 13.5. The number of hydrogen-bond donors (Lipinski definition) is 2. The van der Waals surface area contributed by atoms with E-state index in [2.05, 4.69) is 10.3 Å². The van der Waals surface area contributed by atoms with Gasteiger partial charge in [0.2, 0.25) is 0 Å². The summed E-state index contributed by atoms with van der Waals surface area (Å²) in [5.74, 6) is -1.32. The van der Waals surface area contributed by atoms with Gasteiger partial charge in [-0.3, -0.25) is 29.3 Å². The van der Waals surface area contributed by atoms with Crippen LogP contribution in [0.15, 0.2) is 46.1 Å². The van der Waals surface area contributed by atoms with Crippen LogP contribution < -0.4 is 16.6 Å². The maximum atomic E-state index is 11.8. The Bertz CT molecular complexity index is 1020. The van der Waals surface area contributed by atoms with Gasteiger partial charge in [-0.25, -0.2) is 9.78 Å². The van der Waals surface area contributed by atoms with E-state index in [1.165, 1.54) is 17.5 Å². The molecule has 3 aromatic rings. The number of fused-ring (bicyclic) bond motifs is 1. The van der Waals surface area contributed by atoms with Crippen molar-refractivity contribution < 1.29 is 14.3 Å². The number of hydrogen-bond acceptors (Lipinski definition) is 7. The first-order chi connectivity index (χ1) is 12.0. The summed E-state index contributed by atoms with van der Waals surface area (Å²) < 4.78 is 6.70. The summed E-state index contributed by atoms with van der Waals surface area (Å²) in [6, 6.07) is 8.52. The normalized spacial score (nSPS) is 10.6. The maximum Gasteiger partial charge on any atom is 0.328 e. The number of benzene rings is 1. The molecule has 9 nitrogen and oxygen atoms in total. The van der Waals surface area contributed by atoms with Crippen molar-refractivity contribution >= 4 is 38.6 Å². The topological polar surface area (TPSA) is 123 Å². The molecule has 0 aliphatic rings. The van der Waals surface area contributed by atoms with Crippen molar-refractivity contribution in [1.82, 2.24) is 14.5 Å². The standard InChI is InChI=1S/C15H12N4O5S/c20-11-5-6-19(15(23)18-11)7-13(22)24-8-12(21)17-14-16-9-3-1-2-4-10(9)25-14/h1-6H,7-8H2,(H,16,17,21)(H,18,20,23). The minimum absolute atomic E-state index is 0.402. The van der Waals surface area contributed by atoms with Crippen molar-refractivity contribution in [2.24, 2.45) is 0 Å². The minimum atomic E-state index is -0.784. The number of amides is 1. The number of carbonyl (C=O) groups excluding carboxylic acids is 2. The van der Waals surface area contributed by atoms with Crippen molar-refractivity contribution in [3.8, 4) is 0 Å². The van der Waals surface area contributed by atoms with Gasteiger partial charge in [-0.2, -0.15) is 0 Å². The van der Waals surface area contributed by atoms with Gasteiger partial charge in [0.25, 0.3) is 11.5 Å². The first-order valence-corrected chi connectivity index (χ1v) is 7.94. The minimum Gasteiger partial charge on any atom is -0.454 e. The van der Waals surface area contributed by atoms with Crippen LogP contribution in [0.25, 0.3) is 10.2 Å². The molecular weight excluding hydrogens is 348 g/mol. The van der Waals surface area contributed by atoms with Gasteiger partial charge in [0.1, 0.15) is 6.54 Å². The molecule has 0 saturated carbocycles. The van der Waals surface area contributed by atoms with Gasteiger partial charge in [0.05, 0.1) is 10.2 Å². The number of rotatable bonds is 5. The second-order valence-corrected chi connectivity index (χ2v) is 5.96. The number of nitrogens with one attached hydrogen (secondary N) is 2. The number of esters is 1. The summed E-state index contributed by atoms with van der Waals surface area (Å²) in [6.07, 6.45) is 1.17. The molecule has 0 unspecified atom stereocenters. The molecule has 1 aromatic carbocycles. The Morgan fingerprint density at radius 3 is 2.80 bits per heavy atom. The molecule has 25 heavy (non-hydrogen) atoms. The number of H-pyrrole nitrogens is 1. The second-order valence-electron chi connectivity index (χ2n) is 4.93. The molecule has 2 N–H and O–H groups in total. The maximum absolute atomic E-state index is 11.8. The Balaban J connectivity index is 1.53. The fourth-order valence-corrected chi connectivity index (χ4v) is 2.86. The lowest BCUT2D eigenvalue weighted by atomic mass is 10.3. The molecule has 10 heteroatoms. The summed E-state index contributed by atoms with van der Waals surface area (Å²) in [6.45, 7) is -0.920. The highest BCUT2D eigenvalue weighted by atomic mass is 32.1. The summed E-state index contributed by atoms with van der Waals surface area (Å²) >= 11 is 1.30. The third-order valence-electron chi connectivity index (χ3n) is 3.10. The first-order valence-electron chi connectivity index (χ1n) is 7.12. The average Bonchev–Trinajstić information content (AvgIpc) is 2.97. The lowest BCUT2D eigenvalue weighted by Crippen LogP contribution is -2.32. The Morgan fingerprint density at radius 1 is 1.24 bits per heavy atom. The molecule has 0 aliphatic heterocycles. The van der Waals surface area contributed by atoms with Crippen molar-refractivity contribution in [3.63, 3.8) is 0 Å². The zero-order chi connectivity index (χ0) is 17.8. The highest BCUT2D eigenvalue weighted by molar-refractivity contribution is 7.22. The van der Waals surface area contributed by atoms with Crippen molar-refractivity contribution in [2.45, 2.75) is 6.54 Å². The molecule has 2 heterocycles. The summed E-state index contributed by atoms with van der Waals surface area (Å²) in [7, 11) is 0. The first kappa shape index (κ1) is 16.6. The largest absolute Gasteiger partial charge is 0.454 e. The van der Waals surface area contributed by atoms with Crippen LogP contribution in [0.2, 0.25) is 0 Å². The van der Waals surface area contributed by atoms with Crippen molar-refractivity contribution in [2.75, 3.05) is 11.9 Å². The van der Waals surface area contributed by atoms with Crippen LogP contribution in [0.4, 0.5) is 5.13 Å². The number of nitrogens with zero attached hydrogens (tertiary/aromatic N) is 2. The van der Waals surface area contributed by atoms with Crippen LogP contribution >= 0.6 is 11.3 Å². The third-order valence-corrected chi connectivity index (χ3v) is 4.05. The van der Waals surface area contributed by atoms with E-state index in [9.17, 15) is 19.2 Å². The molecule has 128 valence electrons. The van der Waals surface area contributed by atoms with Gasteiger partial charge in [0.15, 0.2) is 11.7 Å². The second kappa shape index (κ2) is 7.09. The monoisotopic (exact) mass is 360 g/mol. The number of anilines is 1. The van der Waals surface area contributed by atoms with Crippen LogP contribution in [-0.4, -0.2) is 33.0 Å². The Labute approximate surface area is 143 Å². The highest BCUT2D eigenvalue weighted by Crippen LogP contribution is 2.25. The van der Waals surface area contributed by atoms with Gasteiger partial charge in [-0.15, -0.1) is 0 Å². The van der Waals surface area contributed by atoms with E-state index in [0.717, 1.165) is 20.9 Å². The van der Waals surface area contributed by atoms with E-state index >= 15 is 0 Å². The zero-order valence-electron chi connectivity index (χ0n) is 12.7. The van der Waals surface area contributed by atoms with Gasteiger partial charge in [-0.1, -0.05) is 23.5 Å². The SMILES string of the molecule is O=C(COC(=O)Cn1ccc(=O)[nH]c1=O)Nc1nc2ccccc2s1. The quantitative estimate of drug-likeness (QED) is 0.632. The molecule has 0 saturated heterocycles.